The van der Waals surface area contributed by atoms with Crippen LogP contribution in [-0.4, -0.2) is 46.9 Å². The molecule has 0 aromatic heterocycles. The number of rotatable bonds is 8. The third-order valence-corrected chi connectivity index (χ3v) is 4.93. The van der Waals surface area contributed by atoms with Gasteiger partial charge in [-0.05, 0) is 41.5 Å². The van der Waals surface area contributed by atoms with Gasteiger partial charge in [0.05, 0.1) is 24.2 Å². The quantitative estimate of drug-likeness (QED) is 0.694. The molecule has 0 fully saturated rings. The van der Waals surface area contributed by atoms with E-state index in [1.807, 2.05) is 0 Å². The molecule has 8 heteroatoms. The second-order valence-corrected chi connectivity index (χ2v) is 6.94. The Labute approximate surface area is 146 Å². The molecule has 2 aromatic carbocycles. The minimum atomic E-state index is -3.85. The Balaban J connectivity index is 2.47. The zero-order valence-electron chi connectivity index (χ0n) is 13.9. The lowest BCUT2D eigenvalue weighted by atomic mass is 10.0. The first-order valence-corrected chi connectivity index (χ1v) is 8.87. The van der Waals surface area contributed by atoms with Crippen molar-refractivity contribution in [2.45, 2.75) is 4.90 Å². The number of sulfonamides is 1. The van der Waals surface area contributed by atoms with Gasteiger partial charge in [-0.3, -0.25) is 0 Å². The Hall–Kier alpha value is -2.42. The predicted molar refractivity (Wildman–Crippen MR) is 92.5 cm³/mol. The van der Waals surface area contributed by atoms with Crippen LogP contribution in [0, 0.1) is 0 Å². The van der Waals surface area contributed by atoms with E-state index in [0.29, 0.717) is 16.9 Å². The summed E-state index contributed by atoms with van der Waals surface area (Å²) in [7, 11) is -0.852. The molecule has 0 saturated carbocycles. The van der Waals surface area contributed by atoms with Crippen molar-refractivity contribution in [1.82, 2.24) is 4.72 Å². The molecular weight excluding hydrogens is 346 g/mol. The molecule has 0 amide bonds. The summed E-state index contributed by atoms with van der Waals surface area (Å²) in [6.07, 6.45) is 0. The van der Waals surface area contributed by atoms with Crippen LogP contribution in [0.15, 0.2) is 47.4 Å². The summed E-state index contributed by atoms with van der Waals surface area (Å²) < 4.78 is 37.1. The summed E-state index contributed by atoms with van der Waals surface area (Å²) in [5, 5.41) is 9.29. The summed E-state index contributed by atoms with van der Waals surface area (Å²) in [6.45, 7) is 0.303. The third kappa shape index (κ3) is 4.79. The van der Waals surface area contributed by atoms with Gasteiger partial charge in [-0.15, -0.1) is 0 Å². The highest BCUT2D eigenvalue weighted by atomic mass is 32.2. The Morgan fingerprint density at radius 1 is 1.08 bits per heavy atom. The van der Waals surface area contributed by atoms with Gasteiger partial charge in [0.2, 0.25) is 10.0 Å². The number of benzene rings is 2. The first-order valence-electron chi connectivity index (χ1n) is 7.39. The molecule has 0 aliphatic carbocycles. The van der Waals surface area contributed by atoms with Crippen LogP contribution in [0.25, 0.3) is 11.1 Å². The Kier molecular flexibility index (Phi) is 6.13. The Bertz CT molecular complexity index is 846. The zero-order chi connectivity index (χ0) is 18.4. The number of hydrogen-bond donors (Lipinski definition) is 2. The monoisotopic (exact) mass is 365 g/mol. The first kappa shape index (κ1) is 18.9. The van der Waals surface area contributed by atoms with Crippen LogP contribution in [-0.2, 0) is 14.8 Å². The lowest BCUT2D eigenvalue weighted by Gasteiger charge is -2.10. The number of aromatic carboxylic acids is 1. The van der Waals surface area contributed by atoms with E-state index < -0.39 is 16.0 Å². The molecule has 2 aromatic rings. The van der Waals surface area contributed by atoms with Crippen molar-refractivity contribution in [3.05, 3.63) is 48.0 Å². The molecule has 0 aliphatic rings. The average molecular weight is 365 g/mol. The highest BCUT2D eigenvalue weighted by Crippen LogP contribution is 2.26. The summed E-state index contributed by atoms with van der Waals surface area (Å²) >= 11 is 0. The highest BCUT2D eigenvalue weighted by molar-refractivity contribution is 7.89. The van der Waals surface area contributed by atoms with Gasteiger partial charge in [-0.1, -0.05) is 12.1 Å². The lowest BCUT2D eigenvalue weighted by Crippen LogP contribution is -2.27. The summed E-state index contributed by atoms with van der Waals surface area (Å²) in [5.74, 6) is -0.559. The standard InChI is InChI=1S/C17H19NO6S/c1-23-8-7-18-25(21,22)16-10-13(9-14(11-16)17(19)20)12-3-5-15(24-2)6-4-12/h3-6,9-11,18H,7-8H2,1-2H3,(H,19,20). The molecule has 0 spiro atoms. The van der Waals surface area contributed by atoms with Crippen molar-refractivity contribution in [2.24, 2.45) is 0 Å². The Morgan fingerprint density at radius 3 is 2.32 bits per heavy atom. The van der Waals surface area contributed by atoms with Gasteiger partial charge in [-0.25, -0.2) is 17.9 Å². The van der Waals surface area contributed by atoms with Gasteiger partial charge >= 0.3 is 5.97 Å². The van der Waals surface area contributed by atoms with Gasteiger partial charge in [0.15, 0.2) is 0 Å². The SMILES string of the molecule is COCCNS(=O)(=O)c1cc(C(=O)O)cc(-c2ccc(OC)cc2)c1. The smallest absolute Gasteiger partial charge is 0.335 e. The highest BCUT2D eigenvalue weighted by Gasteiger charge is 2.18. The molecule has 2 rings (SSSR count). The van der Waals surface area contributed by atoms with E-state index in [1.54, 1.807) is 24.3 Å². The van der Waals surface area contributed by atoms with Gasteiger partial charge in [0.1, 0.15) is 5.75 Å². The normalized spacial score (nSPS) is 11.3. The van der Waals surface area contributed by atoms with E-state index in [0.717, 1.165) is 6.07 Å². The first-order chi connectivity index (χ1) is 11.9. The molecule has 0 radical (unpaired) electrons. The molecular formula is C17H19NO6S. The maximum absolute atomic E-state index is 12.4. The molecule has 0 unspecified atom stereocenters. The van der Waals surface area contributed by atoms with Gasteiger partial charge in [0.25, 0.3) is 0 Å². The largest absolute Gasteiger partial charge is 0.497 e. The van der Waals surface area contributed by atoms with Gasteiger partial charge < -0.3 is 14.6 Å². The van der Waals surface area contributed by atoms with Crippen molar-refractivity contribution in [3.8, 4) is 16.9 Å². The third-order valence-electron chi connectivity index (χ3n) is 3.49. The van der Waals surface area contributed by atoms with Crippen LogP contribution in [0.5, 0.6) is 5.75 Å². The lowest BCUT2D eigenvalue weighted by molar-refractivity contribution is 0.0696. The molecule has 0 aliphatic heterocycles. The number of hydrogen-bond acceptors (Lipinski definition) is 5. The maximum Gasteiger partial charge on any atom is 0.335 e. The van der Waals surface area contributed by atoms with Crippen LogP contribution in [0.1, 0.15) is 10.4 Å². The van der Waals surface area contributed by atoms with Crippen molar-refractivity contribution in [2.75, 3.05) is 27.4 Å². The van der Waals surface area contributed by atoms with Crippen LogP contribution >= 0.6 is 0 Å². The molecule has 134 valence electrons. The van der Waals surface area contributed by atoms with E-state index in [-0.39, 0.29) is 23.6 Å². The molecule has 25 heavy (non-hydrogen) atoms. The summed E-state index contributed by atoms with van der Waals surface area (Å²) in [5.41, 5.74) is 1.05. The van der Waals surface area contributed by atoms with Crippen LogP contribution in [0.3, 0.4) is 0 Å². The fourth-order valence-corrected chi connectivity index (χ4v) is 3.27. The fourth-order valence-electron chi connectivity index (χ4n) is 2.19. The van der Waals surface area contributed by atoms with Crippen LogP contribution < -0.4 is 9.46 Å². The van der Waals surface area contributed by atoms with E-state index in [9.17, 15) is 18.3 Å². The van der Waals surface area contributed by atoms with Crippen LogP contribution in [0.2, 0.25) is 0 Å². The topological polar surface area (TPSA) is 102 Å². The zero-order valence-corrected chi connectivity index (χ0v) is 14.7. The van der Waals surface area contributed by atoms with E-state index in [1.165, 1.54) is 26.4 Å². The van der Waals surface area contributed by atoms with Gasteiger partial charge in [-0.2, -0.15) is 0 Å². The van der Waals surface area contributed by atoms with Crippen LogP contribution in [0.4, 0.5) is 0 Å². The minimum absolute atomic E-state index is 0.0913. The molecule has 7 nitrogen and oxygen atoms in total. The van der Waals surface area contributed by atoms with Gasteiger partial charge in [0, 0.05) is 13.7 Å². The number of carboxylic acids is 1. The van der Waals surface area contributed by atoms with Crippen molar-refractivity contribution < 1.29 is 27.8 Å². The predicted octanol–water partition coefficient (Wildman–Crippen LogP) is 1.99. The molecule has 0 saturated heterocycles. The number of carboxylic acid groups (broad SMARTS) is 1. The molecule has 0 atom stereocenters. The average Bonchev–Trinajstić information content (AvgIpc) is 2.61. The number of carbonyl (C=O) groups is 1. The van der Waals surface area contributed by atoms with E-state index >= 15 is 0 Å². The fraction of sp³-hybridized carbons (Fsp3) is 0.235. The molecule has 2 N–H and O–H groups in total. The number of methoxy groups -OCH3 is 2. The van der Waals surface area contributed by atoms with Crippen molar-refractivity contribution in [3.63, 3.8) is 0 Å². The van der Waals surface area contributed by atoms with E-state index in [2.05, 4.69) is 4.72 Å². The van der Waals surface area contributed by atoms with Crippen molar-refractivity contribution in [1.29, 1.82) is 0 Å². The second-order valence-electron chi connectivity index (χ2n) is 5.17. The second kappa shape index (κ2) is 8.11. The Morgan fingerprint density at radius 2 is 1.76 bits per heavy atom. The summed E-state index contributed by atoms with van der Waals surface area (Å²) in [4.78, 5) is 11.3. The number of nitrogens with one attached hydrogen (secondary N) is 1. The number of ether oxygens (including phenoxy) is 2. The van der Waals surface area contributed by atoms with Crippen molar-refractivity contribution >= 4 is 16.0 Å². The summed E-state index contributed by atoms with van der Waals surface area (Å²) in [6, 6.07) is 10.9. The minimum Gasteiger partial charge on any atom is -0.497 e. The maximum atomic E-state index is 12.4. The molecule has 0 bridgehead atoms. The van der Waals surface area contributed by atoms with E-state index in [4.69, 9.17) is 9.47 Å². The molecule has 0 heterocycles.